The van der Waals surface area contributed by atoms with Crippen molar-refractivity contribution in [1.82, 2.24) is 9.97 Å². The first-order valence-electron chi connectivity index (χ1n) is 7.50. The lowest BCUT2D eigenvalue weighted by Crippen LogP contribution is -1.93. The SMILES string of the molecule is CCOc1cc(/C=C(\C#N)Sc2nc3ccccc3[nH]2)cc(I)c1O. The Morgan fingerprint density at radius 2 is 2.24 bits per heavy atom. The van der Waals surface area contributed by atoms with Crippen molar-refractivity contribution in [2.75, 3.05) is 6.61 Å². The third-order valence-corrected chi connectivity index (χ3v) is 4.97. The zero-order valence-corrected chi connectivity index (χ0v) is 16.3. The summed E-state index contributed by atoms with van der Waals surface area (Å²) >= 11 is 3.31. The third-order valence-electron chi connectivity index (χ3n) is 3.33. The summed E-state index contributed by atoms with van der Waals surface area (Å²) in [5, 5.41) is 20.1. The van der Waals surface area contributed by atoms with Crippen LogP contribution < -0.4 is 4.74 Å². The summed E-state index contributed by atoms with van der Waals surface area (Å²) in [6, 6.07) is 13.4. The number of thioether (sulfide) groups is 1. The Bertz CT molecular complexity index is 959. The molecule has 2 aromatic carbocycles. The lowest BCUT2D eigenvalue weighted by molar-refractivity contribution is 0.317. The minimum Gasteiger partial charge on any atom is -0.504 e. The van der Waals surface area contributed by atoms with E-state index in [-0.39, 0.29) is 5.75 Å². The Balaban J connectivity index is 1.91. The first kappa shape index (κ1) is 17.6. The molecule has 0 fully saturated rings. The number of aromatic amines is 1. The predicted octanol–water partition coefficient (Wildman–Crippen LogP) is 4.93. The number of aromatic hydroxyl groups is 1. The molecule has 0 aliphatic heterocycles. The number of halogens is 1. The molecule has 1 heterocycles. The average molecular weight is 463 g/mol. The number of fused-ring (bicyclic) bond motifs is 1. The van der Waals surface area contributed by atoms with E-state index in [1.54, 1.807) is 18.2 Å². The molecule has 5 nitrogen and oxygen atoms in total. The van der Waals surface area contributed by atoms with Gasteiger partial charge in [-0.05, 0) is 77.2 Å². The molecule has 1 aromatic heterocycles. The molecule has 2 N–H and O–H groups in total. The van der Waals surface area contributed by atoms with Crippen LogP contribution in [0.25, 0.3) is 17.1 Å². The van der Waals surface area contributed by atoms with Gasteiger partial charge in [0.25, 0.3) is 0 Å². The molecule has 25 heavy (non-hydrogen) atoms. The quantitative estimate of drug-likeness (QED) is 0.319. The molecule has 0 aliphatic carbocycles. The number of para-hydroxylation sites is 2. The van der Waals surface area contributed by atoms with Crippen LogP contribution in [0.1, 0.15) is 12.5 Å². The zero-order valence-electron chi connectivity index (χ0n) is 13.3. The summed E-state index contributed by atoms with van der Waals surface area (Å²) in [4.78, 5) is 8.15. The number of aromatic nitrogens is 2. The molecule has 0 bridgehead atoms. The van der Waals surface area contributed by atoms with E-state index in [1.807, 2.05) is 53.8 Å². The molecule has 0 spiro atoms. The number of ether oxygens (including phenoxy) is 1. The highest BCUT2D eigenvalue weighted by atomic mass is 127. The van der Waals surface area contributed by atoms with E-state index >= 15 is 0 Å². The van der Waals surface area contributed by atoms with Crippen LogP contribution >= 0.6 is 34.4 Å². The van der Waals surface area contributed by atoms with Crippen molar-refractivity contribution in [1.29, 1.82) is 5.26 Å². The number of nitrogens with zero attached hydrogens (tertiary/aromatic N) is 2. The van der Waals surface area contributed by atoms with Gasteiger partial charge in [0.1, 0.15) is 6.07 Å². The maximum atomic E-state index is 10.0. The van der Waals surface area contributed by atoms with E-state index in [0.29, 0.717) is 26.0 Å². The summed E-state index contributed by atoms with van der Waals surface area (Å²) in [6.07, 6.45) is 1.75. The number of allylic oxidation sites excluding steroid dienone is 1. The molecule has 3 rings (SSSR count). The minimum absolute atomic E-state index is 0.114. The van der Waals surface area contributed by atoms with Gasteiger partial charge < -0.3 is 14.8 Å². The zero-order chi connectivity index (χ0) is 17.8. The van der Waals surface area contributed by atoms with E-state index in [9.17, 15) is 10.4 Å². The molecule has 7 heteroatoms. The number of benzene rings is 2. The van der Waals surface area contributed by atoms with Crippen LogP contribution in [-0.4, -0.2) is 21.7 Å². The Morgan fingerprint density at radius 1 is 1.44 bits per heavy atom. The van der Waals surface area contributed by atoms with E-state index in [4.69, 9.17) is 4.74 Å². The molecule has 0 amide bonds. The number of phenols is 1. The number of phenolic OH excluding ortho intramolecular Hbond substituents is 1. The van der Waals surface area contributed by atoms with Crippen molar-refractivity contribution in [3.63, 3.8) is 0 Å². The van der Waals surface area contributed by atoms with Gasteiger partial charge in [-0.2, -0.15) is 5.26 Å². The molecule has 0 unspecified atom stereocenters. The third kappa shape index (κ3) is 4.08. The molecular weight excluding hydrogens is 449 g/mol. The number of nitrogens with one attached hydrogen (secondary N) is 1. The van der Waals surface area contributed by atoms with Crippen molar-refractivity contribution in [2.45, 2.75) is 12.1 Å². The number of H-pyrrole nitrogens is 1. The smallest absolute Gasteiger partial charge is 0.171 e. The van der Waals surface area contributed by atoms with Crippen LogP contribution in [0.5, 0.6) is 11.5 Å². The maximum absolute atomic E-state index is 10.0. The lowest BCUT2D eigenvalue weighted by Gasteiger charge is -2.08. The van der Waals surface area contributed by atoms with Crippen LogP contribution in [0.3, 0.4) is 0 Å². The van der Waals surface area contributed by atoms with Gasteiger partial charge in [0, 0.05) is 0 Å². The molecule has 0 saturated carbocycles. The number of nitriles is 1. The molecule has 0 aliphatic rings. The molecule has 0 radical (unpaired) electrons. The van der Waals surface area contributed by atoms with Crippen LogP contribution in [-0.2, 0) is 0 Å². The van der Waals surface area contributed by atoms with Gasteiger partial charge in [0.2, 0.25) is 0 Å². The van der Waals surface area contributed by atoms with Crippen LogP contribution in [0.15, 0.2) is 46.5 Å². The van der Waals surface area contributed by atoms with Crippen molar-refractivity contribution in [3.8, 4) is 17.6 Å². The highest BCUT2D eigenvalue weighted by Crippen LogP contribution is 2.35. The molecule has 0 saturated heterocycles. The number of hydrogen-bond donors (Lipinski definition) is 2. The van der Waals surface area contributed by atoms with Crippen molar-refractivity contribution in [3.05, 3.63) is 50.4 Å². The monoisotopic (exact) mass is 463 g/mol. The number of rotatable bonds is 5. The number of imidazole rings is 1. The fraction of sp³-hybridized carbons (Fsp3) is 0.111. The number of hydrogen-bond acceptors (Lipinski definition) is 5. The van der Waals surface area contributed by atoms with Crippen LogP contribution in [0.2, 0.25) is 0 Å². The Kier molecular flexibility index (Phi) is 5.50. The van der Waals surface area contributed by atoms with Crippen molar-refractivity contribution < 1.29 is 9.84 Å². The minimum atomic E-state index is 0.114. The summed E-state index contributed by atoms with van der Waals surface area (Å²) < 4.78 is 6.11. The predicted molar refractivity (Wildman–Crippen MR) is 108 cm³/mol. The second-order valence-electron chi connectivity index (χ2n) is 5.06. The molecule has 3 aromatic rings. The maximum Gasteiger partial charge on any atom is 0.171 e. The molecule has 0 atom stereocenters. The summed E-state index contributed by atoms with van der Waals surface area (Å²) in [7, 11) is 0. The van der Waals surface area contributed by atoms with E-state index in [1.165, 1.54) is 11.8 Å². The first-order valence-corrected chi connectivity index (χ1v) is 9.40. The highest BCUT2D eigenvalue weighted by Gasteiger charge is 2.10. The van der Waals surface area contributed by atoms with Gasteiger partial charge in [-0.1, -0.05) is 12.1 Å². The normalized spacial score (nSPS) is 11.5. The van der Waals surface area contributed by atoms with Crippen LogP contribution in [0.4, 0.5) is 0 Å². The van der Waals surface area contributed by atoms with Crippen LogP contribution in [0, 0.1) is 14.9 Å². The van der Waals surface area contributed by atoms with Gasteiger partial charge in [-0.15, -0.1) is 0 Å². The highest BCUT2D eigenvalue weighted by molar-refractivity contribution is 14.1. The van der Waals surface area contributed by atoms with E-state index in [2.05, 4.69) is 16.0 Å². The van der Waals surface area contributed by atoms with E-state index < -0.39 is 0 Å². The van der Waals surface area contributed by atoms with Gasteiger partial charge in [0.15, 0.2) is 16.7 Å². The topological polar surface area (TPSA) is 81.9 Å². The largest absolute Gasteiger partial charge is 0.504 e. The molecule has 126 valence electrons. The standard InChI is InChI=1S/C18H14IN3O2S/c1-2-24-16-9-11(8-13(19)17(16)23)7-12(10-20)25-18-21-14-5-3-4-6-15(14)22-18/h3-9,23H,2H2,1H3,(H,21,22)/b12-7+. The van der Waals surface area contributed by atoms with Crippen molar-refractivity contribution >= 4 is 51.5 Å². The summed E-state index contributed by atoms with van der Waals surface area (Å²) in [5.74, 6) is 0.523. The Labute approximate surface area is 162 Å². The Morgan fingerprint density at radius 3 is 2.96 bits per heavy atom. The van der Waals surface area contributed by atoms with Gasteiger partial charge in [-0.25, -0.2) is 4.98 Å². The summed E-state index contributed by atoms with van der Waals surface area (Å²) in [6.45, 7) is 2.31. The fourth-order valence-electron chi connectivity index (χ4n) is 2.26. The second kappa shape index (κ2) is 7.80. The average Bonchev–Trinajstić information content (AvgIpc) is 3.01. The van der Waals surface area contributed by atoms with Crippen molar-refractivity contribution in [2.24, 2.45) is 0 Å². The van der Waals surface area contributed by atoms with Gasteiger partial charge in [0.05, 0.1) is 26.1 Å². The Hall–Kier alpha value is -2.18. The molecular formula is C18H14IN3O2S. The summed E-state index contributed by atoms with van der Waals surface area (Å²) in [5.41, 5.74) is 2.58. The van der Waals surface area contributed by atoms with Gasteiger partial charge >= 0.3 is 0 Å². The first-order chi connectivity index (χ1) is 12.1. The fourth-order valence-corrected chi connectivity index (χ4v) is 3.64. The second-order valence-corrected chi connectivity index (χ2v) is 7.26. The lowest BCUT2D eigenvalue weighted by atomic mass is 10.2. The van der Waals surface area contributed by atoms with Gasteiger partial charge in [-0.3, -0.25) is 0 Å². The van der Waals surface area contributed by atoms with E-state index in [0.717, 1.165) is 16.6 Å².